The number of aliphatic hydroxyl groups excluding tert-OH is 1. The predicted octanol–water partition coefficient (Wildman–Crippen LogP) is 2.41. The molecular weight excluding hydrogens is 456 g/mol. The summed E-state index contributed by atoms with van der Waals surface area (Å²) < 4.78 is 0. The normalized spacial score (nSPS) is 13.3. The molecule has 2 aromatic rings. The van der Waals surface area contributed by atoms with Crippen LogP contribution in [0.1, 0.15) is 58.9 Å². The van der Waals surface area contributed by atoms with Crippen molar-refractivity contribution in [1.29, 1.82) is 0 Å². The first-order valence-corrected chi connectivity index (χ1v) is 12.9. The molecule has 2 atom stereocenters. The third-order valence-corrected chi connectivity index (χ3v) is 6.31. The number of carbonyl (C=O) groups excluding carboxylic acids is 3. The molecular formula is C28H42N4O4. The maximum Gasteiger partial charge on any atom is 0.245 e. The molecule has 2 rings (SSSR count). The van der Waals surface area contributed by atoms with E-state index in [1.165, 1.54) is 0 Å². The van der Waals surface area contributed by atoms with E-state index in [1.807, 2.05) is 56.3 Å². The van der Waals surface area contributed by atoms with E-state index >= 15 is 0 Å². The van der Waals surface area contributed by atoms with E-state index in [2.05, 4.69) is 16.0 Å². The Morgan fingerprint density at radius 1 is 0.972 bits per heavy atom. The average Bonchev–Trinajstić information content (AvgIpc) is 2.86. The first-order chi connectivity index (χ1) is 17.1. The minimum absolute atomic E-state index is 0.0116. The van der Waals surface area contributed by atoms with Crippen molar-refractivity contribution >= 4 is 28.5 Å². The fraction of sp³-hybridized carbons (Fsp3) is 0.536. The highest BCUT2D eigenvalue weighted by Crippen LogP contribution is 2.18. The zero-order chi connectivity index (χ0) is 26.7. The molecule has 1 unspecified atom stereocenters. The van der Waals surface area contributed by atoms with Crippen molar-refractivity contribution < 1.29 is 19.5 Å². The standard InChI is InChI=1S/C28H42N4O4/c1-5-9-21(10-6-2)25(34)32-28(3,4)27(36)31-24(26(35)30-18-23(33)17-29)16-19-13-14-20-11-7-8-12-22(20)15-19/h7-8,11-15,21,23-24,33H,5-6,9-10,16-18,29H2,1-4H3,(H,30,35)(H,31,36)(H,32,34)/t23?,24-/m1/s1. The molecule has 0 aliphatic rings. The van der Waals surface area contributed by atoms with Crippen molar-refractivity contribution in [3.63, 3.8) is 0 Å². The number of benzene rings is 2. The zero-order valence-electron chi connectivity index (χ0n) is 22.0. The highest BCUT2D eigenvalue weighted by Gasteiger charge is 2.34. The summed E-state index contributed by atoms with van der Waals surface area (Å²) in [5.41, 5.74) is 5.11. The van der Waals surface area contributed by atoms with Crippen LogP contribution in [0.2, 0.25) is 0 Å². The van der Waals surface area contributed by atoms with Crippen LogP contribution in [-0.2, 0) is 20.8 Å². The second-order valence-corrected chi connectivity index (χ2v) is 9.93. The van der Waals surface area contributed by atoms with E-state index in [9.17, 15) is 19.5 Å². The number of fused-ring (bicyclic) bond motifs is 1. The Morgan fingerprint density at radius 3 is 2.22 bits per heavy atom. The van der Waals surface area contributed by atoms with Crippen molar-refractivity contribution in [1.82, 2.24) is 16.0 Å². The molecule has 3 amide bonds. The van der Waals surface area contributed by atoms with Gasteiger partial charge in [0.1, 0.15) is 11.6 Å². The van der Waals surface area contributed by atoms with E-state index in [1.54, 1.807) is 13.8 Å². The minimum atomic E-state index is -1.21. The second kappa shape index (κ2) is 13.9. The summed E-state index contributed by atoms with van der Waals surface area (Å²) in [5, 5.41) is 20.3. The summed E-state index contributed by atoms with van der Waals surface area (Å²) in [6.07, 6.45) is 2.65. The van der Waals surface area contributed by atoms with E-state index in [4.69, 9.17) is 5.73 Å². The Balaban J connectivity index is 2.19. The van der Waals surface area contributed by atoms with Gasteiger partial charge in [0.2, 0.25) is 17.7 Å². The third kappa shape index (κ3) is 8.60. The van der Waals surface area contributed by atoms with Crippen LogP contribution in [-0.4, -0.2) is 53.6 Å². The van der Waals surface area contributed by atoms with Gasteiger partial charge in [-0.15, -0.1) is 0 Å². The monoisotopic (exact) mass is 498 g/mol. The first-order valence-electron chi connectivity index (χ1n) is 12.9. The van der Waals surface area contributed by atoms with Crippen LogP contribution in [0.5, 0.6) is 0 Å². The molecule has 0 aliphatic carbocycles. The molecule has 0 bridgehead atoms. The lowest BCUT2D eigenvalue weighted by Gasteiger charge is -2.30. The van der Waals surface area contributed by atoms with Gasteiger partial charge >= 0.3 is 0 Å². The average molecular weight is 499 g/mol. The minimum Gasteiger partial charge on any atom is -0.390 e. The van der Waals surface area contributed by atoms with Gasteiger partial charge < -0.3 is 26.8 Å². The van der Waals surface area contributed by atoms with Gasteiger partial charge in [-0.05, 0) is 43.0 Å². The van der Waals surface area contributed by atoms with E-state index in [-0.39, 0.29) is 31.3 Å². The molecule has 198 valence electrons. The molecule has 0 saturated heterocycles. The molecule has 6 N–H and O–H groups in total. The Bertz CT molecular complexity index is 1020. The largest absolute Gasteiger partial charge is 0.390 e. The van der Waals surface area contributed by atoms with Gasteiger partial charge in [0, 0.05) is 25.4 Å². The van der Waals surface area contributed by atoms with Crippen LogP contribution < -0.4 is 21.7 Å². The third-order valence-electron chi connectivity index (χ3n) is 6.31. The van der Waals surface area contributed by atoms with Gasteiger partial charge in [-0.1, -0.05) is 69.2 Å². The molecule has 0 aliphatic heterocycles. The van der Waals surface area contributed by atoms with Gasteiger partial charge in [0.05, 0.1) is 6.10 Å². The maximum atomic E-state index is 13.3. The molecule has 0 fully saturated rings. The number of carbonyl (C=O) groups is 3. The van der Waals surface area contributed by atoms with Gasteiger partial charge in [-0.3, -0.25) is 14.4 Å². The van der Waals surface area contributed by atoms with Crippen molar-refractivity contribution in [2.75, 3.05) is 13.1 Å². The fourth-order valence-corrected chi connectivity index (χ4v) is 4.14. The van der Waals surface area contributed by atoms with Crippen LogP contribution in [0.3, 0.4) is 0 Å². The van der Waals surface area contributed by atoms with Gasteiger partial charge in [0.25, 0.3) is 0 Å². The number of nitrogens with one attached hydrogen (secondary N) is 3. The SMILES string of the molecule is CCCC(CCC)C(=O)NC(C)(C)C(=O)N[C@H](Cc1ccc2ccccc2c1)C(=O)NCC(O)CN. The molecule has 0 saturated carbocycles. The van der Waals surface area contributed by atoms with Gasteiger partial charge in [-0.25, -0.2) is 0 Å². The smallest absolute Gasteiger partial charge is 0.245 e. The fourth-order valence-electron chi connectivity index (χ4n) is 4.14. The van der Waals surface area contributed by atoms with Gasteiger partial charge in [0.15, 0.2) is 0 Å². The number of nitrogens with two attached hydrogens (primary N) is 1. The Labute approximate surface area is 214 Å². The summed E-state index contributed by atoms with van der Waals surface area (Å²) in [4.78, 5) is 39.2. The number of hydrogen-bond donors (Lipinski definition) is 5. The van der Waals surface area contributed by atoms with Crippen molar-refractivity contribution in [3.05, 3.63) is 48.0 Å². The van der Waals surface area contributed by atoms with Crippen LogP contribution in [0, 0.1) is 5.92 Å². The summed E-state index contributed by atoms with van der Waals surface area (Å²) in [6.45, 7) is 7.33. The molecule has 0 aromatic heterocycles. The Hall–Kier alpha value is -2.97. The quantitative estimate of drug-likeness (QED) is 0.273. The van der Waals surface area contributed by atoms with Crippen molar-refractivity contribution in [2.24, 2.45) is 11.7 Å². The highest BCUT2D eigenvalue weighted by atomic mass is 16.3. The Morgan fingerprint density at radius 2 is 1.61 bits per heavy atom. The molecule has 0 radical (unpaired) electrons. The topological polar surface area (TPSA) is 134 Å². The maximum absolute atomic E-state index is 13.3. The lowest BCUT2D eigenvalue weighted by atomic mass is 9.94. The molecule has 8 heteroatoms. The summed E-state index contributed by atoms with van der Waals surface area (Å²) >= 11 is 0. The van der Waals surface area contributed by atoms with E-state index in [0.29, 0.717) is 0 Å². The van der Waals surface area contributed by atoms with Crippen LogP contribution in [0.25, 0.3) is 10.8 Å². The second-order valence-electron chi connectivity index (χ2n) is 9.93. The summed E-state index contributed by atoms with van der Waals surface area (Å²) in [5.74, 6) is -1.19. The molecule has 36 heavy (non-hydrogen) atoms. The molecule has 8 nitrogen and oxygen atoms in total. The van der Waals surface area contributed by atoms with E-state index < -0.39 is 29.5 Å². The van der Waals surface area contributed by atoms with Crippen LogP contribution in [0.4, 0.5) is 0 Å². The predicted molar refractivity (Wildman–Crippen MR) is 143 cm³/mol. The summed E-state index contributed by atoms with van der Waals surface area (Å²) in [7, 11) is 0. The zero-order valence-corrected chi connectivity index (χ0v) is 22.0. The number of aliphatic hydroxyl groups is 1. The number of rotatable bonds is 14. The Kier molecular flexibility index (Phi) is 11.3. The highest BCUT2D eigenvalue weighted by molar-refractivity contribution is 5.95. The van der Waals surface area contributed by atoms with Crippen molar-refractivity contribution in [3.8, 4) is 0 Å². The first kappa shape index (κ1) is 29.3. The summed E-state index contributed by atoms with van der Waals surface area (Å²) in [6, 6.07) is 12.9. The molecule has 2 aromatic carbocycles. The molecule has 0 heterocycles. The van der Waals surface area contributed by atoms with E-state index in [0.717, 1.165) is 42.0 Å². The number of hydrogen-bond acceptors (Lipinski definition) is 5. The lowest BCUT2D eigenvalue weighted by molar-refractivity contribution is -0.136. The van der Waals surface area contributed by atoms with Crippen LogP contribution in [0.15, 0.2) is 42.5 Å². The number of amides is 3. The van der Waals surface area contributed by atoms with Crippen LogP contribution >= 0.6 is 0 Å². The lowest BCUT2D eigenvalue weighted by Crippen LogP contribution is -2.60. The molecule has 0 spiro atoms. The van der Waals surface area contributed by atoms with Gasteiger partial charge in [-0.2, -0.15) is 0 Å². The van der Waals surface area contributed by atoms with Crippen molar-refractivity contribution in [2.45, 2.75) is 77.5 Å².